The van der Waals surface area contributed by atoms with Crippen LogP contribution in [-0.2, 0) is 16.4 Å². The van der Waals surface area contributed by atoms with Crippen molar-refractivity contribution in [2.24, 2.45) is 0 Å². The molecule has 0 saturated carbocycles. The lowest BCUT2D eigenvalue weighted by Gasteiger charge is -2.12. The van der Waals surface area contributed by atoms with Gasteiger partial charge in [0, 0.05) is 17.1 Å². The van der Waals surface area contributed by atoms with Gasteiger partial charge in [0.2, 0.25) is 10.0 Å². The van der Waals surface area contributed by atoms with E-state index in [2.05, 4.69) is 4.72 Å². The molecular formula is C14H17ClN2O2S2. The maximum absolute atomic E-state index is 12.4. The number of rotatable bonds is 5. The zero-order valence-corrected chi connectivity index (χ0v) is 14.2. The monoisotopic (exact) mass is 344 g/mol. The van der Waals surface area contributed by atoms with E-state index in [1.54, 1.807) is 26.0 Å². The lowest BCUT2D eigenvalue weighted by molar-refractivity contribution is 0.580. The Hall–Kier alpha value is -1.08. The smallest absolute Gasteiger partial charge is 0.241 e. The van der Waals surface area contributed by atoms with Crippen LogP contribution < -0.4 is 10.5 Å². The Labute approximate surface area is 134 Å². The van der Waals surface area contributed by atoms with Gasteiger partial charge in [0.25, 0.3) is 0 Å². The molecule has 4 nitrogen and oxygen atoms in total. The Morgan fingerprint density at radius 2 is 1.86 bits per heavy atom. The molecular weight excluding hydrogens is 328 g/mol. The first kappa shape index (κ1) is 16.3. The van der Waals surface area contributed by atoms with E-state index in [4.69, 9.17) is 17.3 Å². The standard InChI is InChI=1S/C14H17ClN2O2S2/c1-9-7-11(16)8-10(2)14(9)21(18,19)17-6-5-12-3-4-13(15)20-12/h3-4,7-8,17H,5-6,16H2,1-2H3. The van der Waals surface area contributed by atoms with Crippen LogP contribution in [0, 0.1) is 13.8 Å². The number of halogens is 1. The number of benzene rings is 1. The molecule has 0 spiro atoms. The topological polar surface area (TPSA) is 72.2 Å². The fourth-order valence-electron chi connectivity index (χ4n) is 2.27. The van der Waals surface area contributed by atoms with Crippen molar-refractivity contribution < 1.29 is 8.42 Å². The molecule has 0 bridgehead atoms. The van der Waals surface area contributed by atoms with Crippen LogP contribution in [0.25, 0.3) is 0 Å². The SMILES string of the molecule is Cc1cc(N)cc(C)c1S(=O)(=O)NCCc1ccc(Cl)s1. The van der Waals surface area contributed by atoms with Crippen molar-refractivity contribution in [1.82, 2.24) is 4.72 Å². The van der Waals surface area contributed by atoms with E-state index in [0.29, 0.717) is 39.0 Å². The summed E-state index contributed by atoms with van der Waals surface area (Å²) in [4.78, 5) is 1.36. The van der Waals surface area contributed by atoms with Crippen molar-refractivity contribution in [2.45, 2.75) is 25.2 Å². The van der Waals surface area contributed by atoms with Gasteiger partial charge in [-0.05, 0) is 55.7 Å². The molecule has 0 aliphatic heterocycles. The fourth-order valence-corrected chi connectivity index (χ4v) is 4.84. The van der Waals surface area contributed by atoms with Gasteiger partial charge in [-0.15, -0.1) is 11.3 Å². The number of anilines is 1. The second-order valence-corrected chi connectivity index (χ2v) is 8.34. The van der Waals surface area contributed by atoms with Crippen LogP contribution in [0.3, 0.4) is 0 Å². The highest BCUT2D eigenvalue weighted by atomic mass is 35.5. The number of thiophene rings is 1. The molecule has 0 aliphatic rings. The third-order valence-electron chi connectivity index (χ3n) is 3.04. The summed E-state index contributed by atoms with van der Waals surface area (Å²) in [6.07, 6.45) is 0.615. The Morgan fingerprint density at radius 1 is 1.24 bits per heavy atom. The van der Waals surface area contributed by atoms with Crippen molar-refractivity contribution in [1.29, 1.82) is 0 Å². The number of nitrogen functional groups attached to an aromatic ring is 1. The second-order valence-electron chi connectivity index (χ2n) is 4.84. The van der Waals surface area contributed by atoms with Crippen molar-refractivity contribution in [3.63, 3.8) is 0 Å². The molecule has 0 unspecified atom stereocenters. The number of hydrogen-bond donors (Lipinski definition) is 2. The average molecular weight is 345 g/mol. The van der Waals surface area contributed by atoms with E-state index in [0.717, 1.165) is 4.88 Å². The third kappa shape index (κ3) is 3.97. The quantitative estimate of drug-likeness (QED) is 0.818. The summed E-state index contributed by atoms with van der Waals surface area (Å²) < 4.78 is 28.1. The van der Waals surface area contributed by atoms with Gasteiger partial charge in [0.15, 0.2) is 0 Å². The predicted octanol–water partition coefficient (Wildman–Crippen LogP) is 3.12. The highest BCUT2D eigenvalue weighted by molar-refractivity contribution is 7.89. The summed E-state index contributed by atoms with van der Waals surface area (Å²) in [6.45, 7) is 3.83. The Morgan fingerprint density at radius 3 is 2.38 bits per heavy atom. The molecule has 0 aliphatic carbocycles. The first-order valence-electron chi connectivity index (χ1n) is 6.40. The fraction of sp³-hybridized carbons (Fsp3) is 0.286. The van der Waals surface area contributed by atoms with Crippen molar-refractivity contribution in [3.05, 3.63) is 44.6 Å². The van der Waals surface area contributed by atoms with Crippen molar-refractivity contribution >= 4 is 38.6 Å². The normalized spacial score (nSPS) is 11.8. The van der Waals surface area contributed by atoms with Crippen LogP contribution in [0.15, 0.2) is 29.2 Å². The van der Waals surface area contributed by atoms with Gasteiger partial charge in [0.1, 0.15) is 0 Å². The van der Waals surface area contributed by atoms with Gasteiger partial charge in [0.05, 0.1) is 9.23 Å². The van der Waals surface area contributed by atoms with Crippen molar-refractivity contribution in [2.75, 3.05) is 12.3 Å². The van der Waals surface area contributed by atoms with Gasteiger partial charge < -0.3 is 5.73 Å². The van der Waals surface area contributed by atoms with Crippen LogP contribution in [0.4, 0.5) is 5.69 Å². The molecule has 114 valence electrons. The number of nitrogens with one attached hydrogen (secondary N) is 1. The summed E-state index contributed by atoms with van der Waals surface area (Å²) in [7, 11) is -3.54. The zero-order chi connectivity index (χ0) is 15.6. The summed E-state index contributed by atoms with van der Waals surface area (Å²) in [6, 6.07) is 7.05. The minimum Gasteiger partial charge on any atom is -0.399 e. The largest absolute Gasteiger partial charge is 0.399 e. The van der Waals surface area contributed by atoms with Crippen LogP contribution in [-0.4, -0.2) is 15.0 Å². The molecule has 0 amide bonds. The van der Waals surface area contributed by atoms with Crippen LogP contribution >= 0.6 is 22.9 Å². The minimum absolute atomic E-state index is 0.306. The number of aryl methyl sites for hydroxylation is 2. The molecule has 1 heterocycles. The molecule has 2 rings (SSSR count). The number of sulfonamides is 1. The molecule has 0 fully saturated rings. The van der Waals surface area contributed by atoms with E-state index in [1.807, 2.05) is 12.1 Å². The highest BCUT2D eigenvalue weighted by Gasteiger charge is 2.19. The Bertz CT molecular complexity index is 731. The maximum atomic E-state index is 12.4. The lowest BCUT2D eigenvalue weighted by atomic mass is 10.1. The van der Waals surface area contributed by atoms with Gasteiger partial charge in [-0.2, -0.15) is 0 Å². The average Bonchev–Trinajstić information content (AvgIpc) is 2.72. The van der Waals surface area contributed by atoms with Crippen molar-refractivity contribution in [3.8, 4) is 0 Å². The summed E-state index contributed by atoms with van der Waals surface area (Å²) in [5.74, 6) is 0. The number of hydrogen-bond acceptors (Lipinski definition) is 4. The first-order valence-corrected chi connectivity index (χ1v) is 9.08. The van der Waals surface area contributed by atoms with E-state index >= 15 is 0 Å². The first-order chi connectivity index (χ1) is 9.79. The van der Waals surface area contributed by atoms with Crippen LogP contribution in [0.1, 0.15) is 16.0 Å². The van der Waals surface area contributed by atoms with E-state index in [9.17, 15) is 8.42 Å². The molecule has 0 saturated heterocycles. The van der Waals surface area contributed by atoms with Gasteiger partial charge in [-0.3, -0.25) is 0 Å². The van der Waals surface area contributed by atoms with E-state index in [-0.39, 0.29) is 0 Å². The van der Waals surface area contributed by atoms with Gasteiger partial charge in [-0.1, -0.05) is 11.6 Å². The van der Waals surface area contributed by atoms with E-state index in [1.165, 1.54) is 11.3 Å². The molecule has 21 heavy (non-hydrogen) atoms. The number of nitrogens with two attached hydrogens (primary N) is 1. The summed E-state index contributed by atoms with van der Waals surface area (Å²) >= 11 is 7.31. The van der Waals surface area contributed by atoms with Gasteiger partial charge >= 0.3 is 0 Å². The molecule has 2 aromatic rings. The van der Waals surface area contributed by atoms with E-state index < -0.39 is 10.0 Å². The van der Waals surface area contributed by atoms with Crippen LogP contribution in [0.2, 0.25) is 4.34 Å². The van der Waals surface area contributed by atoms with Gasteiger partial charge in [-0.25, -0.2) is 13.1 Å². The second kappa shape index (κ2) is 6.36. The molecule has 3 N–H and O–H groups in total. The lowest BCUT2D eigenvalue weighted by Crippen LogP contribution is -2.27. The van der Waals surface area contributed by atoms with Crippen LogP contribution in [0.5, 0.6) is 0 Å². The minimum atomic E-state index is -3.54. The maximum Gasteiger partial charge on any atom is 0.241 e. The summed E-state index contributed by atoms with van der Waals surface area (Å²) in [5, 5.41) is 0. The molecule has 7 heteroatoms. The predicted molar refractivity (Wildman–Crippen MR) is 88.5 cm³/mol. The molecule has 0 atom stereocenters. The highest BCUT2D eigenvalue weighted by Crippen LogP contribution is 2.24. The Balaban J connectivity index is 2.12. The third-order valence-corrected chi connectivity index (χ3v) is 6.10. The molecule has 0 radical (unpaired) electrons. The Kier molecular flexibility index (Phi) is 4.93. The molecule has 1 aromatic heterocycles. The summed E-state index contributed by atoms with van der Waals surface area (Å²) in [5.41, 5.74) is 7.59. The zero-order valence-electron chi connectivity index (χ0n) is 11.8. The molecule has 1 aromatic carbocycles.